The molecule has 3 nitrogen and oxygen atoms in total. The summed E-state index contributed by atoms with van der Waals surface area (Å²) in [5, 5.41) is 3.07. The molecule has 12 heavy (non-hydrogen) atoms. The van der Waals surface area contributed by atoms with E-state index < -0.39 is 0 Å². The van der Waals surface area contributed by atoms with Gasteiger partial charge in [-0.2, -0.15) is 0 Å². The number of nitrogens with two attached hydrogens (primary N) is 1. The zero-order valence-electron chi connectivity index (χ0n) is 7.48. The maximum Gasteiger partial charge on any atom is 0.234 e. The number of halogens is 1. The highest BCUT2D eigenvalue weighted by Gasteiger charge is 2.10. The summed E-state index contributed by atoms with van der Waals surface area (Å²) in [5.74, 6) is 0.401. The van der Waals surface area contributed by atoms with Gasteiger partial charge < -0.3 is 11.1 Å². The topological polar surface area (TPSA) is 55.1 Å². The van der Waals surface area contributed by atoms with Gasteiger partial charge in [-0.15, -0.1) is 11.6 Å². The van der Waals surface area contributed by atoms with E-state index in [2.05, 4.69) is 5.32 Å². The fourth-order valence-corrected chi connectivity index (χ4v) is 1.13. The van der Waals surface area contributed by atoms with Crippen LogP contribution >= 0.6 is 11.6 Å². The maximum absolute atomic E-state index is 10.7. The van der Waals surface area contributed by atoms with Gasteiger partial charge in [0.1, 0.15) is 0 Å². The first-order chi connectivity index (χ1) is 5.72. The van der Waals surface area contributed by atoms with E-state index in [4.69, 9.17) is 17.3 Å². The van der Waals surface area contributed by atoms with Crippen molar-refractivity contribution < 1.29 is 4.79 Å². The molecule has 4 heteroatoms. The summed E-state index contributed by atoms with van der Waals surface area (Å²) in [4.78, 5) is 10.7. The highest BCUT2D eigenvalue weighted by Crippen LogP contribution is 1.93. The van der Waals surface area contributed by atoms with Crippen LogP contribution < -0.4 is 11.1 Å². The van der Waals surface area contributed by atoms with E-state index in [0.717, 1.165) is 25.8 Å². The van der Waals surface area contributed by atoms with Crippen molar-refractivity contribution in [3.63, 3.8) is 0 Å². The third-order valence-electron chi connectivity index (χ3n) is 1.70. The first-order valence-corrected chi connectivity index (χ1v) is 4.84. The van der Waals surface area contributed by atoms with Crippen molar-refractivity contribution in [1.29, 1.82) is 0 Å². The molecule has 1 atom stereocenters. The van der Waals surface area contributed by atoms with Crippen LogP contribution in [0.25, 0.3) is 0 Å². The van der Waals surface area contributed by atoms with Gasteiger partial charge in [0.05, 0.1) is 6.04 Å². The van der Waals surface area contributed by atoms with Gasteiger partial charge in [0.2, 0.25) is 5.91 Å². The Morgan fingerprint density at radius 2 is 2.25 bits per heavy atom. The van der Waals surface area contributed by atoms with Crippen LogP contribution in [0.1, 0.15) is 26.2 Å². The van der Waals surface area contributed by atoms with Gasteiger partial charge in [-0.05, 0) is 25.8 Å². The van der Waals surface area contributed by atoms with Crippen molar-refractivity contribution in [2.45, 2.75) is 32.2 Å². The molecule has 0 heterocycles. The zero-order chi connectivity index (χ0) is 9.40. The van der Waals surface area contributed by atoms with Crippen LogP contribution in [0.15, 0.2) is 0 Å². The normalized spacial score (nSPS) is 12.8. The molecule has 0 aromatic heterocycles. The van der Waals surface area contributed by atoms with E-state index in [1.165, 1.54) is 0 Å². The van der Waals surface area contributed by atoms with E-state index in [1.807, 2.05) is 6.92 Å². The first-order valence-electron chi connectivity index (χ1n) is 4.31. The number of primary amides is 1. The second kappa shape index (κ2) is 7.37. The number of unbranched alkanes of at least 4 members (excludes halogenated alkanes) is 1. The Balaban J connectivity index is 3.38. The molecular formula is C8H17ClN2O. The fourth-order valence-electron chi connectivity index (χ4n) is 0.942. The average molecular weight is 193 g/mol. The summed E-state index contributed by atoms with van der Waals surface area (Å²) in [5.41, 5.74) is 5.13. The third-order valence-corrected chi connectivity index (χ3v) is 1.97. The van der Waals surface area contributed by atoms with Crippen LogP contribution in [0.4, 0.5) is 0 Å². The highest BCUT2D eigenvalue weighted by molar-refractivity contribution is 6.17. The second-order valence-electron chi connectivity index (χ2n) is 2.71. The standard InChI is InChI=1S/C8H17ClN2O/c1-2-7(8(10)12)11-6-4-3-5-9/h7,11H,2-6H2,1H3,(H2,10,12). The summed E-state index contributed by atoms with van der Waals surface area (Å²) in [6.45, 7) is 2.75. The molecule has 0 aromatic rings. The van der Waals surface area contributed by atoms with Crippen molar-refractivity contribution >= 4 is 17.5 Å². The minimum atomic E-state index is -0.275. The predicted molar refractivity (Wildman–Crippen MR) is 51.2 cm³/mol. The molecule has 0 spiro atoms. The summed E-state index contributed by atoms with van der Waals surface area (Å²) in [6.07, 6.45) is 2.72. The summed E-state index contributed by atoms with van der Waals surface area (Å²) >= 11 is 5.49. The van der Waals surface area contributed by atoms with Crippen molar-refractivity contribution in [3.05, 3.63) is 0 Å². The molecule has 0 aliphatic rings. The van der Waals surface area contributed by atoms with E-state index in [0.29, 0.717) is 5.88 Å². The van der Waals surface area contributed by atoms with Gasteiger partial charge in [-0.1, -0.05) is 6.92 Å². The van der Waals surface area contributed by atoms with Crippen LogP contribution in [-0.4, -0.2) is 24.4 Å². The maximum atomic E-state index is 10.7. The summed E-state index contributed by atoms with van der Waals surface area (Å²) in [6, 6.07) is -0.180. The number of nitrogens with one attached hydrogen (secondary N) is 1. The van der Waals surface area contributed by atoms with Crippen molar-refractivity contribution in [3.8, 4) is 0 Å². The van der Waals surface area contributed by atoms with E-state index in [-0.39, 0.29) is 11.9 Å². The van der Waals surface area contributed by atoms with Gasteiger partial charge in [-0.25, -0.2) is 0 Å². The molecule has 0 rings (SSSR count). The van der Waals surface area contributed by atoms with Crippen molar-refractivity contribution in [2.75, 3.05) is 12.4 Å². The Hall–Kier alpha value is -0.280. The zero-order valence-corrected chi connectivity index (χ0v) is 8.23. The monoisotopic (exact) mass is 192 g/mol. The van der Waals surface area contributed by atoms with Gasteiger partial charge in [-0.3, -0.25) is 4.79 Å². The van der Waals surface area contributed by atoms with Gasteiger partial charge in [0.15, 0.2) is 0 Å². The number of rotatable bonds is 7. The van der Waals surface area contributed by atoms with Crippen LogP contribution in [0.5, 0.6) is 0 Å². The molecule has 0 aliphatic heterocycles. The Kier molecular flexibility index (Phi) is 7.20. The number of alkyl halides is 1. The Labute approximate surface area is 78.6 Å². The van der Waals surface area contributed by atoms with Crippen LogP contribution in [0, 0.1) is 0 Å². The number of amides is 1. The lowest BCUT2D eigenvalue weighted by atomic mass is 10.2. The Bertz CT molecular complexity index is 130. The van der Waals surface area contributed by atoms with E-state index in [9.17, 15) is 4.79 Å². The molecule has 1 amide bonds. The third kappa shape index (κ3) is 5.38. The number of carbonyl (C=O) groups is 1. The van der Waals surface area contributed by atoms with Crippen LogP contribution in [0.3, 0.4) is 0 Å². The molecule has 0 fully saturated rings. The lowest BCUT2D eigenvalue weighted by molar-refractivity contribution is -0.120. The molecule has 1 unspecified atom stereocenters. The molecular weight excluding hydrogens is 176 g/mol. The lowest BCUT2D eigenvalue weighted by Gasteiger charge is -2.12. The molecule has 0 saturated heterocycles. The molecule has 0 aliphatic carbocycles. The quantitative estimate of drug-likeness (QED) is 0.465. The summed E-state index contributed by atoms with van der Waals surface area (Å²) in [7, 11) is 0. The number of hydrogen-bond donors (Lipinski definition) is 2. The fraction of sp³-hybridized carbons (Fsp3) is 0.875. The van der Waals surface area contributed by atoms with Gasteiger partial charge in [0.25, 0.3) is 0 Å². The first kappa shape index (κ1) is 11.7. The van der Waals surface area contributed by atoms with Crippen LogP contribution in [0.2, 0.25) is 0 Å². The Morgan fingerprint density at radius 1 is 1.58 bits per heavy atom. The van der Waals surface area contributed by atoms with E-state index in [1.54, 1.807) is 0 Å². The second-order valence-corrected chi connectivity index (χ2v) is 3.09. The molecule has 0 radical (unpaired) electrons. The SMILES string of the molecule is CCC(NCCCCCl)C(N)=O. The average Bonchev–Trinajstić information content (AvgIpc) is 2.04. The lowest BCUT2D eigenvalue weighted by Crippen LogP contribution is -2.41. The molecule has 72 valence electrons. The molecule has 0 aromatic carbocycles. The highest BCUT2D eigenvalue weighted by atomic mass is 35.5. The molecule has 0 saturated carbocycles. The van der Waals surface area contributed by atoms with Gasteiger partial charge in [0, 0.05) is 5.88 Å². The number of hydrogen-bond acceptors (Lipinski definition) is 2. The van der Waals surface area contributed by atoms with Crippen molar-refractivity contribution in [1.82, 2.24) is 5.32 Å². The molecule has 0 bridgehead atoms. The number of carbonyl (C=O) groups excluding carboxylic acids is 1. The van der Waals surface area contributed by atoms with E-state index >= 15 is 0 Å². The van der Waals surface area contributed by atoms with Gasteiger partial charge >= 0.3 is 0 Å². The minimum Gasteiger partial charge on any atom is -0.368 e. The predicted octanol–water partition coefficient (Wildman–Crippen LogP) is 0.859. The minimum absolute atomic E-state index is 0.180. The largest absolute Gasteiger partial charge is 0.368 e. The summed E-state index contributed by atoms with van der Waals surface area (Å²) < 4.78 is 0. The molecule has 3 N–H and O–H groups in total. The Morgan fingerprint density at radius 3 is 2.67 bits per heavy atom. The van der Waals surface area contributed by atoms with Crippen molar-refractivity contribution in [2.24, 2.45) is 5.73 Å². The van der Waals surface area contributed by atoms with Crippen LogP contribution in [-0.2, 0) is 4.79 Å². The smallest absolute Gasteiger partial charge is 0.234 e.